The number of carbonyl (C=O) groups is 2. The number of hydrogen-bond donors (Lipinski definition) is 2. The van der Waals surface area contributed by atoms with Crippen molar-refractivity contribution in [2.45, 2.75) is 58.3 Å². The van der Waals surface area contributed by atoms with E-state index in [1.54, 1.807) is 35.6 Å². The average molecular weight is 664 g/mol. The fourth-order valence-electron chi connectivity index (χ4n) is 5.58. The van der Waals surface area contributed by atoms with Gasteiger partial charge in [-0.2, -0.15) is 10.2 Å². The molecule has 2 amide bonds. The summed E-state index contributed by atoms with van der Waals surface area (Å²) in [6.07, 6.45) is 5.59. The molecule has 0 bridgehead atoms. The second-order valence-electron chi connectivity index (χ2n) is 13.1. The Hall–Kier alpha value is -4.40. The van der Waals surface area contributed by atoms with Crippen LogP contribution in [0.25, 0.3) is 11.0 Å². The number of ether oxygens (including phenoxy) is 2. The lowest BCUT2D eigenvalue weighted by Gasteiger charge is -2.36. The van der Waals surface area contributed by atoms with E-state index in [0.717, 1.165) is 22.6 Å². The molecule has 1 fully saturated rings. The van der Waals surface area contributed by atoms with Crippen molar-refractivity contribution in [3.63, 3.8) is 0 Å². The van der Waals surface area contributed by atoms with Gasteiger partial charge in [-0.05, 0) is 53.9 Å². The van der Waals surface area contributed by atoms with Gasteiger partial charge in [-0.15, -0.1) is 0 Å². The molecular weight excluding hydrogens is 621 g/mol. The Morgan fingerprint density at radius 2 is 1.83 bits per heavy atom. The maximum atomic E-state index is 15.4. The van der Waals surface area contributed by atoms with Crippen LogP contribution >= 0.6 is 0 Å². The van der Waals surface area contributed by atoms with Crippen molar-refractivity contribution >= 4 is 31.1 Å². The number of pyridine rings is 1. The fourth-order valence-corrected chi connectivity index (χ4v) is 6.34. The zero-order chi connectivity index (χ0) is 33.6. The quantitative estimate of drug-likeness (QED) is 0.151. The molecule has 1 aliphatic heterocycles. The van der Waals surface area contributed by atoms with Crippen molar-refractivity contribution in [3.8, 4) is 11.5 Å². The third-order valence-corrected chi connectivity index (χ3v) is 9.83. The Morgan fingerprint density at radius 3 is 2.51 bits per heavy atom. The average Bonchev–Trinajstić information content (AvgIpc) is 3.36. The van der Waals surface area contributed by atoms with Crippen LogP contribution in [-0.4, -0.2) is 93.6 Å². The lowest BCUT2D eigenvalue weighted by molar-refractivity contribution is -0.135. The SMILES string of the molecule is Cc1cn(COCC[Si](C)(C)C)c2nccc(Oc3ccc(CC(NC(=O)O)C(=O)N4CCN(Cc5ccnnc5)CC4)cc3F)c12. The molecule has 250 valence electrons. The number of amides is 2. The Morgan fingerprint density at radius 1 is 1.04 bits per heavy atom. The Balaban J connectivity index is 1.23. The molecule has 4 heterocycles. The molecular formula is C33H42FN7O5Si. The molecule has 3 aromatic heterocycles. The first-order chi connectivity index (χ1) is 22.5. The van der Waals surface area contributed by atoms with Gasteiger partial charge in [0.2, 0.25) is 5.91 Å². The highest BCUT2D eigenvalue weighted by atomic mass is 28.3. The molecule has 0 aliphatic carbocycles. The summed E-state index contributed by atoms with van der Waals surface area (Å²) in [4.78, 5) is 33.4. The number of rotatable bonds is 13. The van der Waals surface area contributed by atoms with Crippen LogP contribution in [-0.2, 0) is 29.2 Å². The van der Waals surface area contributed by atoms with Crippen LogP contribution in [0.4, 0.5) is 9.18 Å². The van der Waals surface area contributed by atoms with E-state index in [4.69, 9.17) is 9.47 Å². The predicted molar refractivity (Wildman–Crippen MR) is 178 cm³/mol. The number of carboxylic acid groups (broad SMARTS) is 1. The smallest absolute Gasteiger partial charge is 0.405 e. The van der Waals surface area contributed by atoms with Gasteiger partial charge in [0.05, 0.1) is 11.6 Å². The summed E-state index contributed by atoms with van der Waals surface area (Å²) < 4.78 is 29.3. The molecule has 0 spiro atoms. The van der Waals surface area contributed by atoms with E-state index >= 15 is 4.39 Å². The number of fused-ring (bicyclic) bond motifs is 1. The molecule has 1 unspecified atom stereocenters. The van der Waals surface area contributed by atoms with E-state index in [0.29, 0.717) is 63.0 Å². The molecule has 0 saturated carbocycles. The molecule has 5 rings (SSSR count). The topological polar surface area (TPSA) is 135 Å². The number of carbonyl (C=O) groups excluding carboxylic acids is 1. The first-order valence-corrected chi connectivity index (χ1v) is 19.4. The van der Waals surface area contributed by atoms with Crippen LogP contribution < -0.4 is 10.1 Å². The Kier molecular flexibility index (Phi) is 10.8. The van der Waals surface area contributed by atoms with Gasteiger partial charge in [-0.1, -0.05) is 25.7 Å². The van der Waals surface area contributed by atoms with Gasteiger partial charge >= 0.3 is 6.09 Å². The largest absolute Gasteiger partial charge is 0.465 e. The minimum Gasteiger partial charge on any atom is -0.465 e. The molecule has 12 nitrogen and oxygen atoms in total. The van der Waals surface area contributed by atoms with Crippen LogP contribution in [0.1, 0.15) is 16.7 Å². The first-order valence-electron chi connectivity index (χ1n) is 15.7. The minimum absolute atomic E-state index is 0.00868. The van der Waals surface area contributed by atoms with E-state index in [2.05, 4.69) is 45.0 Å². The van der Waals surface area contributed by atoms with Crippen LogP contribution in [0.3, 0.4) is 0 Å². The highest BCUT2D eigenvalue weighted by Crippen LogP contribution is 2.34. The maximum absolute atomic E-state index is 15.4. The van der Waals surface area contributed by atoms with Crippen molar-refractivity contribution in [3.05, 3.63) is 77.6 Å². The summed E-state index contributed by atoms with van der Waals surface area (Å²) in [5, 5.41) is 20.3. The summed E-state index contributed by atoms with van der Waals surface area (Å²) >= 11 is 0. The summed E-state index contributed by atoms with van der Waals surface area (Å²) in [7, 11) is -1.21. The van der Waals surface area contributed by atoms with Crippen LogP contribution in [0.2, 0.25) is 25.7 Å². The van der Waals surface area contributed by atoms with Crippen molar-refractivity contribution in [1.29, 1.82) is 0 Å². The standard InChI is InChI=1S/C33H42FN7O5Si/c1-23-20-41(22-45-15-16-47(2,3)4)31-30(23)29(8-9-35-31)46-28-6-5-24(17-26(28)34)18-27(38-33(43)44)32(42)40-13-11-39(12-14-40)21-25-7-10-36-37-19-25/h5-10,17,19-20,27,38H,11-16,18,21-22H2,1-4H3,(H,43,44). The van der Waals surface area contributed by atoms with Gasteiger partial charge in [0, 0.05) is 72.4 Å². The van der Waals surface area contributed by atoms with Crippen LogP contribution in [0, 0.1) is 12.7 Å². The fraction of sp³-hybridized carbons (Fsp3) is 0.424. The second-order valence-corrected chi connectivity index (χ2v) is 18.7. The molecule has 2 N–H and O–H groups in total. The Bertz CT molecular complexity index is 1690. The van der Waals surface area contributed by atoms with Crippen molar-refractivity contribution in [2.24, 2.45) is 0 Å². The van der Waals surface area contributed by atoms with E-state index in [1.807, 2.05) is 23.8 Å². The first kappa shape index (κ1) is 33.9. The van der Waals surface area contributed by atoms with Crippen molar-refractivity contribution in [1.82, 2.24) is 34.9 Å². The monoisotopic (exact) mass is 663 g/mol. The number of nitrogens with one attached hydrogen (secondary N) is 1. The molecule has 1 aromatic carbocycles. The molecule has 4 aromatic rings. The number of halogens is 1. The summed E-state index contributed by atoms with van der Waals surface area (Å²) in [5.41, 5.74) is 3.09. The summed E-state index contributed by atoms with van der Waals surface area (Å²) in [5.74, 6) is -0.503. The number of piperazine rings is 1. The van der Waals surface area contributed by atoms with Gasteiger partial charge < -0.3 is 29.4 Å². The second kappa shape index (κ2) is 15.0. The molecule has 47 heavy (non-hydrogen) atoms. The minimum atomic E-state index is -1.32. The van der Waals surface area contributed by atoms with E-state index in [9.17, 15) is 14.7 Å². The highest BCUT2D eigenvalue weighted by molar-refractivity contribution is 6.76. The van der Waals surface area contributed by atoms with Gasteiger partial charge in [0.1, 0.15) is 24.2 Å². The van der Waals surface area contributed by atoms with Crippen molar-refractivity contribution in [2.75, 3.05) is 32.8 Å². The molecule has 1 saturated heterocycles. The maximum Gasteiger partial charge on any atom is 0.405 e. The number of aromatic nitrogens is 4. The third-order valence-electron chi connectivity index (χ3n) is 8.12. The number of hydrogen-bond acceptors (Lipinski definition) is 8. The Labute approximate surface area is 274 Å². The highest BCUT2D eigenvalue weighted by Gasteiger charge is 2.29. The van der Waals surface area contributed by atoms with Gasteiger partial charge in [-0.25, -0.2) is 14.2 Å². The number of nitrogens with zero attached hydrogens (tertiary/aromatic N) is 6. The molecule has 1 aliphatic rings. The summed E-state index contributed by atoms with van der Waals surface area (Å²) in [6.45, 7) is 12.7. The lowest BCUT2D eigenvalue weighted by atomic mass is 10.0. The van der Waals surface area contributed by atoms with Gasteiger partial charge in [-0.3, -0.25) is 9.69 Å². The molecule has 14 heteroatoms. The molecule has 1 atom stereocenters. The third kappa shape index (κ3) is 9.11. The van der Waals surface area contributed by atoms with Gasteiger partial charge in [0.25, 0.3) is 0 Å². The number of benzene rings is 1. The summed E-state index contributed by atoms with van der Waals surface area (Å²) in [6, 6.07) is 8.01. The lowest BCUT2D eigenvalue weighted by Crippen LogP contribution is -2.55. The van der Waals surface area contributed by atoms with Gasteiger partial charge in [0.15, 0.2) is 11.6 Å². The number of aryl methyl sites for hydroxylation is 1. The van der Waals surface area contributed by atoms with Crippen molar-refractivity contribution < 1.29 is 28.6 Å². The molecule has 0 radical (unpaired) electrons. The van der Waals surface area contributed by atoms with Crippen LogP contribution in [0.15, 0.2) is 55.1 Å². The zero-order valence-corrected chi connectivity index (χ0v) is 28.3. The zero-order valence-electron chi connectivity index (χ0n) is 27.3. The van der Waals surface area contributed by atoms with E-state index in [1.165, 1.54) is 12.1 Å². The van der Waals surface area contributed by atoms with E-state index in [-0.39, 0.29) is 18.1 Å². The predicted octanol–water partition coefficient (Wildman–Crippen LogP) is 4.90. The normalized spacial score (nSPS) is 14.7. The van der Waals surface area contributed by atoms with Crippen LogP contribution in [0.5, 0.6) is 11.5 Å². The van der Waals surface area contributed by atoms with E-state index < -0.39 is 26.0 Å².